The predicted octanol–water partition coefficient (Wildman–Crippen LogP) is 1.19. The molecular formula is C17H22N6O2. The van der Waals surface area contributed by atoms with E-state index in [2.05, 4.69) is 32.4 Å². The van der Waals surface area contributed by atoms with Gasteiger partial charge in [0.1, 0.15) is 5.75 Å². The SMILES string of the molecule is COc1ccnc(C(C)N2CC(NC(=O)c3cn(C4CC4)nn3)C2)c1. The van der Waals surface area contributed by atoms with Gasteiger partial charge in [-0.25, -0.2) is 4.68 Å². The molecule has 2 fully saturated rings. The minimum atomic E-state index is -0.149. The molecule has 2 aliphatic rings. The van der Waals surface area contributed by atoms with E-state index in [9.17, 15) is 4.79 Å². The van der Waals surface area contributed by atoms with Crippen LogP contribution in [0.5, 0.6) is 5.75 Å². The van der Waals surface area contributed by atoms with Crippen LogP contribution in [0.1, 0.15) is 48.0 Å². The summed E-state index contributed by atoms with van der Waals surface area (Å²) < 4.78 is 7.04. The predicted molar refractivity (Wildman–Crippen MR) is 90.3 cm³/mol. The Hall–Kier alpha value is -2.48. The Labute approximate surface area is 146 Å². The number of hydrogen-bond donors (Lipinski definition) is 1. The molecule has 25 heavy (non-hydrogen) atoms. The van der Waals surface area contributed by atoms with Crippen molar-refractivity contribution in [1.82, 2.24) is 30.2 Å². The lowest BCUT2D eigenvalue weighted by Crippen LogP contribution is -2.59. The Morgan fingerprint density at radius 3 is 2.92 bits per heavy atom. The molecule has 0 bridgehead atoms. The van der Waals surface area contributed by atoms with Gasteiger partial charge < -0.3 is 10.1 Å². The summed E-state index contributed by atoms with van der Waals surface area (Å²) in [4.78, 5) is 19.0. The molecule has 4 rings (SSSR count). The molecule has 1 unspecified atom stereocenters. The molecule has 2 aromatic heterocycles. The summed E-state index contributed by atoms with van der Waals surface area (Å²) in [7, 11) is 1.65. The normalized spacial score (nSPS) is 19.3. The summed E-state index contributed by atoms with van der Waals surface area (Å²) in [5.74, 6) is 0.657. The van der Waals surface area contributed by atoms with Crippen molar-refractivity contribution in [2.75, 3.05) is 20.2 Å². The highest BCUT2D eigenvalue weighted by Crippen LogP contribution is 2.33. The van der Waals surface area contributed by atoms with Gasteiger partial charge in [-0.1, -0.05) is 5.21 Å². The van der Waals surface area contributed by atoms with Gasteiger partial charge in [0.15, 0.2) is 5.69 Å². The first-order chi connectivity index (χ1) is 12.1. The highest BCUT2D eigenvalue weighted by molar-refractivity contribution is 5.92. The monoisotopic (exact) mass is 342 g/mol. The summed E-state index contributed by atoms with van der Waals surface area (Å²) in [5, 5.41) is 11.0. The fourth-order valence-corrected chi connectivity index (χ4v) is 3.05. The van der Waals surface area contributed by atoms with Gasteiger partial charge in [0.25, 0.3) is 5.91 Å². The molecule has 1 N–H and O–H groups in total. The smallest absolute Gasteiger partial charge is 0.273 e. The van der Waals surface area contributed by atoms with Crippen molar-refractivity contribution in [1.29, 1.82) is 0 Å². The standard InChI is InChI=1S/C17H22N6O2/c1-11(15-7-14(25-2)5-6-18-15)22-8-12(9-22)19-17(24)16-10-23(21-20-16)13-3-4-13/h5-7,10-13H,3-4,8-9H2,1-2H3,(H,19,24). The van der Waals surface area contributed by atoms with Crippen LogP contribution in [-0.2, 0) is 0 Å². The molecular weight excluding hydrogens is 320 g/mol. The molecule has 132 valence electrons. The van der Waals surface area contributed by atoms with E-state index >= 15 is 0 Å². The van der Waals surface area contributed by atoms with Crippen molar-refractivity contribution in [2.45, 2.75) is 37.9 Å². The number of amides is 1. The molecule has 8 heteroatoms. The van der Waals surface area contributed by atoms with Gasteiger partial charge in [0.2, 0.25) is 0 Å². The third kappa shape index (κ3) is 3.34. The van der Waals surface area contributed by atoms with Gasteiger partial charge in [-0.3, -0.25) is 14.7 Å². The molecule has 1 aliphatic heterocycles. The number of carbonyl (C=O) groups is 1. The van der Waals surface area contributed by atoms with Gasteiger partial charge in [-0.05, 0) is 25.8 Å². The first-order valence-electron chi connectivity index (χ1n) is 8.60. The fraction of sp³-hybridized carbons (Fsp3) is 0.529. The second kappa shape index (κ2) is 6.44. The lowest BCUT2D eigenvalue weighted by atomic mass is 10.0. The molecule has 2 aromatic rings. The summed E-state index contributed by atoms with van der Waals surface area (Å²) in [6.45, 7) is 3.70. The van der Waals surface area contributed by atoms with E-state index < -0.39 is 0 Å². The van der Waals surface area contributed by atoms with Crippen LogP contribution in [0.4, 0.5) is 0 Å². The summed E-state index contributed by atoms with van der Waals surface area (Å²) >= 11 is 0. The van der Waals surface area contributed by atoms with Crippen molar-refractivity contribution in [3.63, 3.8) is 0 Å². The maximum atomic E-state index is 12.3. The van der Waals surface area contributed by atoms with Crippen LogP contribution in [0, 0.1) is 0 Å². The number of hydrogen-bond acceptors (Lipinski definition) is 6. The Balaban J connectivity index is 1.29. The van der Waals surface area contributed by atoms with Gasteiger partial charge in [0.05, 0.1) is 31.1 Å². The molecule has 1 saturated carbocycles. The van der Waals surface area contributed by atoms with Crippen molar-refractivity contribution in [3.05, 3.63) is 35.9 Å². The number of methoxy groups -OCH3 is 1. The molecule has 1 aliphatic carbocycles. The van der Waals surface area contributed by atoms with E-state index in [1.807, 2.05) is 12.1 Å². The van der Waals surface area contributed by atoms with E-state index in [0.29, 0.717) is 11.7 Å². The third-order valence-electron chi connectivity index (χ3n) is 4.87. The maximum absolute atomic E-state index is 12.3. The maximum Gasteiger partial charge on any atom is 0.273 e. The summed E-state index contributed by atoms with van der Waals surface area (Å²) in [5.41, 5.74) is 1.37. The average Bonchev–Trinajstić information content (AvgIpc) is 3.34. The molecule has 1 saturated heterocycles. The Morgan fingerprint density at radius 2 is 2.20 bits per heavy atom. The lowest BCUT2D eigenvalue weighted by Gasteiger charge is -2.43. The minimum Gasteiger partial charge on any atom is -0.497 e. The van der Waals surface area contributed by atoms with E-state index in [1.54, 1.807) is 24.2 Å². The summed E-state index contributed by atoms with van der Waals surface area (Å²) in [6.07, 6.45) is 5.75. The number of pyridine rings is 1. The first kappa shape index (κ1) is 16.0. The molecule has 0 radical (unpaired) electrons. The topological polar surface area (TPSA) is 85.2 Å². The van der Waals surface area contributed by atoms with Crippen LogP contribution in [-0.4, -0.2) is 57.0 Å². The van der Waals surface area contributed by atoms with Crippen molar-refractivity contribution in [3.8, 4) is 5.75 Å². The van der Waals surface area contributed by atoms with E-state index in [-0.39, 0.29) is 18.0 Å². The van der Waals surface area contributed by atoms with E-state index in [0.717, 1.165) is 37.4 Å². The zero-order valence-corrected chi connectivity index (χ0v) is 14.4. The van der Waals surface area contributed by atoms with E-state index in [4.69, 9.17) is 4.74 Å². The van der Waals surface area contributed by atoms with Crippen LogP contribution >= 0.6 is 0 Å². The van der Waals surface area contributed by atoms with E-state index in [1.165, 1.54) is 0 Å². The van der Waals surface area contributed by atoms with Gasteiger partial charge >= 0.3 is 0 Å². The fourth-order valence-electron chi connectivity index (χ4n) is 3.05. The summed E-state index contributed by atoms with van der Waals surface area (Å²) in [6, 6.07) is 4.53. The zero-order valence-electron chi connectivity index (χ0n) is 14.4. The van der Waals surface area contributed by atoms with Gasteiger partial charge in [-0.2, -0.15) is 0 Å². The van der Waals surface area contributed by atoms with Crippen LogP contribution in [0.2, 0.25) is 0 Å². The Kier molecular flexibility index (Phi) is 4.12. The second-order valence-corrected chi connectivity index (χ2v) is 6.74. The van der Waals surface area contributed by atoms with Crippen molar-refractivity contribution in [2.24, 2.45) is 0 Å². The number of rotatable bonds is 6. The van der Waals surface area contributed by atoms with Crippen LogP contribution in [0.3, 0.4) is 0 Å². The largest absolute Gasteiger partial charge is 0.497 e. The molecule has 1 atom stereocenters. The first-order valence-corrected chi connectivity index (χ1v) is 8.60. The number of aromatic nitrogens is 4. The number of likely N-dealkylation sites (tertiary alicyclic amines) is 1. The van der Waals surface area contributed by atoms with Crippen LogP contribution in [0.15, 0.2) is 24.5 Å². The molecule has 0 aromatic carbocycles. The quantitative estimate of drug-likeness (QED) is 0.849. The molecule has 8 nitrogen and oxygen atoms in total. The third-order valence-corrected chi connectivity index (χ3v) is 4.87. The number of ether oxygens (including phenoxy) is 1. The van der Waals surface area contributed by atoms with Crippen molar-refractivity contribution >= 4 is 5.91 Å². The van der Waals surface area contributed by atoms with Crippen LogP contribution in [0.25, 0.3) is 0 Å². The highest BCUT2D eigenvalue weighted by atomic mass is 16.5. The van der Waals surface area contributed by atoms with Gasteiger partial charge in [-0.15, -0.1) is 5.10 Å². The molecule has 1 amide bonds. The Bertz CT molecular complexity index is 766. The number of nitrogens with one attached hydrogen (secondary N) is 1. The minimum absolute atomic E-state index is 0.131. The van der Waals surface area contributed by atoms with Crippen LogP contribution < -0.4 is 10.1 Å². The lowest BCUT2D eigenvalue weighted by molar-refractivity contribution is 0.0662. The number of carbonyl (C=O) groups excluding carboxylic acids is 1. The highest BCUT2D eigenvalue weighted by Gasteiger charge is 2.33. The van der Waals surface area contributed by atoms with Gasteiger partial charge in [0, 0.05) is 31.4 Å². The van der Waals surface area contributed by atoms with Crippen molar-refractivity contribution < 1.29 is 9.53 Å². The number of nitrogens with zero attached hydrogens (tertiary/aromatic N) is 5. The Morgan fingerprint density at radius 1 is 1.40 bits per heavy atom. The zero-order chi connectivity index (χ0) is 17.4. The second-order valence-electron chi connectivity index (χ2n) is 6.74. The average molecular weight is 342 g/mol. The molecule has 3 heterocycles. The molecule has 0 spiro atoms.